The molecule has 0 amide bonds. The maximum absolute atomic E-state index is 5.76. The van der Waals surface area contributed by atoms with Crippen molar-refractivity contribution >= 4 is 0 Å². The number of hydrogen-bond acceptors (Lipinski definition) is 2. The molecule has 0 spiro atoms. The van der Waals surface area contributed by atoms with Crippen molar-refractivity contribution in [2.45, 2.75) is 70.9 Å². The van der Waals surface area contributed by atoms with Gasteiger partial charge in [0.15, 0.2) is 0 Å². The maximum Gasteiger partial charge on any atom is 0.00947 e. The van der Waals surface area contributed by atoms with Crippen LogP contribution in [0.5, 0.6) is 0 Å². The monoisotopic (exact) mass is 226 g/mol. The number of nitrogens with two attached hydrogens (primary N) is 1. The summed E-state index contributed by atoms with van der Waals surface area (Å²) >= 11 is 0. The Balaban J connectivity index is 2.11. The van der Waals surface area contributed by atoms with E-state index in [-0.39, 0.29) is 0 Å². The highest BCUT2D eigenvalue weighted by Gasteiger charge is 2.21. The molecule has 0 aliphatic heterocycles. The zero-order valence-corrected chi connectivity index (χ0v) is 11.4. The Kier molecular flexibility index (Phi) is 6.37. The largest absolute Gasteiger partial charge is 0.328 e. The SMILES string of the molecule is CC(N)CCCCN(C)C1CCCC(C)C1. The van der Waals surface area contributed by atoms with Crippen LogP contribution < -0.4 is 5.73 Å². The first-order valence-corrected chi connectivity index (χ1v) is 7.05. The molecule has 0 aromatic rings. The van der Waals surface area contributed by atoms with Crippen molar-refractivity contribution in [3.05, 3.63) is 0 Å². The van der Waals surface area contributed by atoms with Gasteiger partial charge in [-0.25, -0.2) is 0 Å². The number of hydrogen-bond donors (Lipinski definition) is 1. The molecule has 16 heavy (non-hydrogen) atoms. The highest BCUT2D eigenvalue weighted by molar-refractivity contribution is 4.77. The minimum absolute atomic E-state index is 0.375. The predicted molar refractivity (Wildman–Crippen MR) is 71.6 cm³/mol. The van der Waals surface area contributed by atoms with Crippen molar-refractivity contribution in [2.75, 3.05) is 13.6 Å². The predicted octanol–water partition coefficient (Wildman–Crippen LogP) is 3.01. The standard InChI is InChI=1S/C14H30N2/c1-12-7-6-9-14(11-12)16(3)10-5-4-8-13(2)15/h12-14H,4-11,15H2,1-3H3. The third kappa shape index (κ3) is 5.31. The fourth-order valence-electron chi connectivity index (χ4n) is 2.81. The number of unbranched alkanes of at least 4 members (excludes halogenated alkanes) is 1. The summed E-state index contributed by atoms with van der Waals surface area (Å²) in [5, 5.41) is 0. The topological polar surface area (TPSA) is 29.3 Å². The second-order valence-corrected chi connectivity index (χ2v) is 5.88. The maximum atomic E-state index is 5.76. The molecule has 0 heterocycles. The minimum atomic E-state index is 0.375. The van der Waals surface area contributed by atoms with E-state index in [0.717, 1.165) is 12.0 Å². The van der Waals surface area contributed by atoms with Gasteiger partial charge in [0, 0.05) is 12.1 Å². The number of nitrogens with zero attached hydrogens (tertiary/aromatic N) is 1. The third-order valence-corrected chi connectivity index (χ3v) is 3.95. The molecule has 0 bridgehead atoms. The van der Waals surface area contributed by atoms with Crippen LogP contribution in [0, 0.1) is 5.92 Å². The first kappa shape index (κ1) is 14.0. The van der Waals surface area contributed by atoms with Gasteiger partial charge in [0.1, 0.15) is 0 Å². The van der Waals surface area contributed by atoms with Crippen LogP contribution in [0.15, 0.2) is 0 Å². The van der Waals surface area contributed by atoms with Gasteiger partial charge in [-0.3, -0.25) is 0 Å². The Morgan fingerprint density at radius 3 is 2.69 bits per heavy atom. The third-order valence-electron chi connectivity index (χ3n) is 3.95. The Hall–Kier alpha value is -0.0800. The van der Waals surface area contributed by atoms with E-state index < -0.39 is 0 Å². The van der Waals surface area contributed by atoms with Gasteiger partial charge in [-0.05, 0) is 52.1 Å². The van der Waals surface area contributed by atoms with Crippen LogP contribution in [0.3, 0.4) is 0 Å². The van der Waals surface area contributed by atoms with Gasteiger partial charge in [-0.15, -0.1) is 0 Å². The molecule has 1 aliphatic carbocycles. The van der Waals surface area contributed by atoms with Crippen molar-refractivity contribution in [3.63, 3.8) is 0 Å². The van der Waals surface area contributed by atoms with Crippen molar-refractivity contribution in [1.29, 1.82) is 0 Å². The normalized spacial score (nSPS) is 28.3. The van der Waals surface area contributed by atoms with Crippen LogP contribution >= 0.6 is 0 Å². The molecule has 2 heteroatoms. The van der Waals surface area contributed by atoms with Gasteiger partial charge < -0.3 is 10.6 Å². The molecule has 2 nitrogen and oxygen atoms in total. The molecular weight excluding hydrogens is 196 g/mol. The fourth-order valence-corrected chi connectivity index (χ4v) is 2.81. The van der Waals surface area contributed by atoms with Crippen LogP contribution in [-0.4, -0.2) is 30.6 Å². The molecule has 1 fully saturated rings. The molecule has 1 saturated carbocycles. The molecule has 1 aliphatic rings. The van der Waals surface area contributed by atoms with Crippen LogP contribution in [0.2, 0.25) is 0 Å². The van der Waals surface area contributed by atoms with E-state index in [0.29, 0.717) is 6.04 Å². The van der Waals surface area contributed by atoms with E-state index in [4.69, 9.17) is 5.73 Å². The van der Waals surface area contributed by atoms with Gasteiger partial charge >= 0.3 is 0 Å². The zero-order valence-electron chi connectivity index (χ0n) is 11.4. The quantitative estimate of drug-likeness (QED) is 0.705. The Morgan fingerprint density at radius 1 is 1.31 bits per heavy atom. The average molecular weight is 226 g/mol. The molecule has 1 rings (SSSR count). The van der Waals surface area contributed by atoms with Crippen molar-refractivity contribution < 1.29 is 0 Å². The van der Waals surface area contributed by atoms with Crippen molar-refractivity contribution in [1.82, 2.24) is 4.90 Å². The van der Waals surface area contributed by atoms with Crippen molar-refractivity contribution in [3.8, 4) is 0 Å². The van der Waals surface area contributed by atoms with Crippen molar-refractivity contribution in [2.24, 2.45) is 11.7 Å². The summed E-state index contributed by atoms with van der Waals surface area (Å²) in [7, 11) is 2.30. The molecule has 2 N–H and O–H groups in total. The van der Waals surface area contributed by atoms with Gasteiger partial charge in [-0.1, -0.05) is 26.2 Å². The second kappa shape index (κ2) is 7.29. The van der Waals surface area contributed by atoms with E-state index in [1.54, 1.807) is 0 Å². The van der Waals surface area contributed by atoms with E-state index in [9.17, 15) is 0 Å². The zero-order chi connectivity index (χ0) is 12.0. The van der Waals surface area contributed by atoms with Gasteiger partial charge in [0.05, 0.1) is 0 Å². The highest BCUT2D eigenvalue weighted by Crippen LogP contribution is 2.26. The summed E-state index contributed by atoms with van der Waals surface area (Å²) in [6, 6.07) is 1.22. The summed E-state index contributed by atoms with van der Waals surface area (Å²) < 4.78 is 0. The minimum Gasteiger partial charge on any atom is -0.328 e. The Bertz CT molecular complexity index is 180. The van der Waals surface area contributed by atoms with E-state index in [1.165, 1.54) is 51.5 Å². The van der Waals surface area contributed by atoms with Crippen LogP contribution in [0.1, 0.15) is 58.8 Å². The molecule has 0 aromatic carbocycles. The highest BCUT2D eigenvalue weighted by atomic mass is 15.1. The average Bonchev–Trinajstić information content (AvgIpc) is 2.24. The molecule has 0 radical (unpaired) electrons. The summed E-state index contributed by atoms with van der Waals surface area (Å²) in [5.41, 5.74) is 5.76. The van der Waals surface area contributed by atoms with E-state index in [1.807, 2.05) is 0 Å². The van der Waals surface area contributed by atoms with Gasteiger partial charge in [0.25, 0.3) is 0 Å². The van der Waals surface area contributed by atoms with Crippen LogP contribution in [0.4, 0.5) is 0 Å². The molecule has 3 unspecified atom stereocenters. The van der Waals surface area contributed by atoms with E-state index in [2.05, 4.69) is 25.8 Å². The second-order valence-electron chi connectivity index (χ2n) is 5.88. The summed E-state index contributed by atoms with van der Waals surface area (Å²) in [6.07, 6.45) is 9.45. The smallest absolute Gasteiger partial charge is 0.00947 e. The molecular formula is C14H30N2. The molecule has 3 atom stereocenters. The lowest BCUT2D eigenvalue weighted by atomic mass is 9.86. The first-order valence-electron chi connectivity index (χ1n) is 7.05. The summed E-state index contributed by atoms with van der Waals surface area (Å²) in [4.78, 5) is 2.58. The summed E-state index contributed by atoms with van der Waals surface area (Å²) in [5.74, 6) is 0.935. The van der Waals surface area contributed by atoms with Gasteiger partial charge in [0.2, 0.25) is 0 Å². The first-order chi connectivity index (χ1) is 7.59. The van der Waals surface area contributed by atoms with Crippen LogP contribution in [-0.2, 0) is 0 Å². The molecule has 96 valence electrons. The van der Waals surface area contributed by atoms with Crippen LogP contribution in [0.25, 0.3) is 0 Å². The number of rotatable bonds is 6. The lowest BCUT2D eigenvalue weighted by molar-refractivity contribution is 0.161. The molecule has 0 saturated heterocycles. The Morgan fingerprint density at radius 2 is 2.06 bits per heavy atom. The lowest BCUT2D eigenvalue weighted by Crippen LogP contribution is -2.36. The molecule has 0 aromatic heterocycles. The lowest BCUT2D eigenvalue weighted by Gasteiger charge is -2.34. The Labute approximate surface area is 102 Å². The fraction of sp³-hybridized carbons (Fsp3) is 1.00. The summed E-state index contributed by atoms with van der Waals surface area (Å²) in [6.45, 7) is 5.76. The van der Waals surface area contributed by atoms with E-state index >= 15 is 0 Å². The van der Waals surface area contributed by atoms with Gasteiger partial charge in [-0.2, -0.15) is 0 Å².